The number of amides is 2. The molecule has 0 spiro atoms. The number of ether oxygens (including phenoxy) is 2. The molecule has 0 saturated heterocycles. The van der Waals surface area contributed by atoms with Gasteiger partial charge in [-0.2, -0.15) is 0 Å². The van der Waals surface area contributed by atoms with Crippen molar-refractivity contribution in [3.8, 4) is 0 Å². The lowest BCUT2D eigenvalue weighted by molar-refractivity contribution is 0.0869. The first-order valence-corrected chi connectivity index (χ1v) is 8.15. The predicted molar refractivity (Wildman–Crippen MR) is 87.1 cm³/mol. The number of rotatable bonds is 12. The second-order valence-corrected chi connectivity index (χ2v) is 5.17. The standard InChI is InChI=1S/C14H31N5O4/c15-9-5-1-2-7-11-22-13(20)18-19-14(21)23-12(17)8-4-3-6-10-16/h12H,1-11,15-17H2,(H,18,20)(H,19,21). The van der Waals surface area contributed by atoms with Gasteiger partial charge in [-0.25, -0.2) is 20.4 Å². The van der Waals surface area contributed by atoms with Gasteiger partial charge < -0.3 is 20.9 Å². The molecule has 0 saturated carbocycles. The molecule has 23 heavy (non-hydrogen) atoms. The molecule has 8 N–H and O–H groups in total. The number of hydrazine groups is 1. The van der Waals surface area contributed by atoms with E-state index in [9.17, 15) is 9.59 Å². The molecule has 0 aliphatic carbocycles. The number of unbranched alkanes of at least 4 members (excludes halogenated alkanes) is 5. The monoisotopic (exact) mass is 333 g/mol. The summed E-state index contributed by atoms with van der Waals surface area (Å²) in [4.78, 5) is 22.7. The summed E-state index contributed by atoms with van der Waals surface area (Å²) < 4.78 is 9.74. The van der Waals surface area contributed by atoms with Crippen LogP contribution in [0.4, 0.5) is 9.59 Å². The molecule has 0 heterocycles. The third-order valence-electron chi connectivity index (χ3n) is 3.05. The molecular formula is C14H31N5O4. The Morgan fingerprint density at radius 1 is 0.826 bits per heavy atom. The van der Waals surface area contributed by atoms with Crippen molar-refractivity contribution >= 4 is 12.2 Å². The second kappa shape index (κ2) is 15.3. The van der Waals surface area contributed by atoms with Crippen molar-refractivity contribution < 1.29 is 19.1 Å². The number of carbonyl (C=O) groups excluding carboxylic acids is 2. The van der Waals surface area contributed by atoms with Gasteiger partial charge in [-0.3, -0.25) is 5.73 Å². The van der Waals surface area contributed by atoms with E-state index < -0.39 is 18.4 Å². The molecule has 136 valence electrons. The normalized spacial score (nSPS) is 11.6. The average Bonchev–Trinajstić information content (AvgIpc) is 2.53. The van der Waals surface area contributed by atoms with Crippen LogP contribution in [0.15, 0.2) is 0 Å². The Morgan fingerprint density at radius 2 is 1.39 bits per heavy atom. The van der Waals surface area contributed by atoms with Crippen molar-refractivity contribution in [3.05, 3.63) is 0 Å². The Labute approximate surface area is 137 Å². The molecule has 1 atom stereocenters. The van der Waals surface area contributed by atoms with Crippen molar-refractivity contribution in [1.29, 1.82) is 0 Å². The highest BCUT2D eigenvalue weighted by atomic mass is 16.6. The van der Waals surface area contributed by atoms with Crippen LogP contribution < -0.4 is 28.1 Å². The smallest absolute Gasteiger partial charge is 0.427 e. The third kappa shape index (κ3) is 15.1. The lowest BCUT2D eigenvalue weighted by Gasteiger charge is -2.14. The first kappa shape index (κ1) is 21.4. The lowest BCUT2D eigenvalue weighted by Crippen LogP contribution is -2.44. The maximum Gasteiger partial charge on any atom is 0.427 e. The van der Waals surface area contributed by atoms with E-state index >= 15 is 0 Å². The highest BCUT2D eigenvalue weighted by Gasteiger charge is 2.10. The van der Waals surface area contributed by atoms with Crippen molar-refractivity contribution in [2.45, 2.75) is 57.6 Å². The van der Waals surface area contributed by atoms with Gasteiger partial charge in [-0.05, 0) is 45.2 Å². The number of hydrogen-bond donors (Lipinski definition) is 5. The summed E-state index contributed by atoms with van der Waals surface area (Å²) in [5.41, 5.74) is 20.5. The molecule has 0 aromatic heterocycles. The molecule has 0 rings (SSSR count). The van der Waals surface area contributed by atoms with E-state index in [2.05, 4.69) is 10.9 Å². The Morgan fingerprint density at radius 3 is 2.04 bits per heavy atom. The maximum absolute atomic E-state index is 11.4. The fourth-order valence-corrected chi connectivity index (χ4v) is 1.80. The second-order valence-electron chi connectivity index (χ2n) is 5.17. The Bertz CT molecular complexity index is 318. The van der Waals surface area contributed by atoms with Crippen LogP contribution in [-0.4, -0.2) is 38.1 Å². The Kier molecular flexibility index (Phi) is 14.3. The van der Waals surface area contributed by atoms with Gasteiger partial charge >= 0.3 is 12.2 Å². The van der Waals surface area contributed by atoms with E-state index in [1.54, 1.807) is 0 Å². The van der Waals surface area contributed by atoms with Crippen LogP contribution in [0, 0.1) is 0 Å². The van der Waals surface area contributed by atoms with Crippen LogP contribution in [-0.2, 0) is 9.47 Å². The van der Waals surface area contributed by atoms with Gasteiger partial charge in [0, 0.05) is 0 Å². The summed E-state index contributed by atoms with van der Waals surface area (Å²) in [6.07, 6.45) is 4.61. The maximum atomic E-state index is 11.4. The predicted octanol–water partition coefficient (Wildman–Crippen LogP) is 0.677. The minimum atomic E-state index is -0.823. The largest absolute Gasteiger partial charge is 0.448 e. The van der Waals surface area contributed by atoms with Gasteiger partial charge in [-0.1, -0.05) is 19.3 Å². The summed E-state index contributed by atoms with van der Waals surface area (Å²) in [7, 11) is 0. The molecule has 0 aromatic rings. The summed E-state index contributed by atoms with van der Waals surface area (Å²) >= 11 is 0. The molecule has 0 aromatic carbocycles. The van der Waals surface area contributed by atoms with Crippen LogP contribution in [0.2, 0.25) is 0 Å². The highest BCUT2D eigenvalue weighted by Crippen LogP contribution is 2.02. The van der Waals surface area contributed by atoms with Crippen LogP contribution >= 0.6 is 0 Å². The van der Waals surface area contributed by atoms with Crippen molar-refractivity contribution in [3.63, 3.8) is 0 Å². The fourth-order valence-electron chi connectivity index (χ4n) is 1.80. The zero-order chi connectivity index (χ0) is 17.3. The van der Waals surface area contributed by atoms with Crippen molar-refractivity contribution in [2.24, 2.45) is 17.2 Å². The van der Waals surface area contributed by atoms with E-state index in [1.165, 1.54) is 0 Å². The topological polar surface area (TPSA) is 155 Å². The summed E-state index contributed by atoms with van der Waals surface area (Å²) in [5.74, 6) is 0. The minimum absolute atomic E-state index is 0.286. The van der Waals surface area contributed by atoms with Gasteiger partial charge in [0.25, 0.3) is 0 Å². The van der Waals surface area contributed by atoms with Gasteiger partial charge in [0.15, 0.2) is 6.23 Å². The summed E-state index contributed by atoms with van der Waals surface area (Å²) in [5, 5.41) is 0. The molecule has 0 bridgehead atoms. The summed E-state index contributed by atoms with van der Waals surface area (Å²) in [6, 6.07) is 0. The minimum Gasteiger partial charge on any atom is -0.448 e. The Hall–Kier alpha value is -1.58. The van der Waals surface area contributed by atoms with Crippen LogP contribution in [0.3, 0.4) is 0 Å². The lowest BCUT2D eigenvalue weighted by atomic mass is 10.2. The quantitative estimate of drug-likeness (QED) is 0.200. The molecular weight excluding hydrogens is 302 g/mol. The van der Waals surface area contributed by atoms with E-state index in [4.69, 9.17) is 26.7 Å². The van der Waals surface area contributed by atoms with E-state index in [0.717, 1.165) is 44.9 Å². The van der Waals surface area contributed by atoms with Crippen LogP contribution in [0.25, 0.3) is 0 Å². The molecule has 1 unspecified atom stereocenters. The Balaban J connectivity index is 3.54. The SMILES string of the molecule is NCCCCCCOC(=O)NNC(=O)OC(N)CCCCCN. The average molecular weight is 333 g/mol. The number of hydrogen-bond acceptors (Lipinski definition) is 7. The van der Waals surface area contributed by atoms with Crippen molar-refractivity contribution in [2.75, 3.05) is 19.7 Å². The van der Waals surface area contributed by atoms with Crippen LogP contribution in [0.5, 0.6) is 0 Å². The zero-order valence-corrected chi connectivity index (χ0v) is 13.7. The first-order chi connectivity index (χ1) is 11.1. The number of nitrogens with two attached hydrogens (primary N) is 3. The van der Waals surface area contributed by atoms with E-state index in [1.807, 2.05) is 0 Å². The molecule has 0 fully saturated rings. The van der Waals surface area contributed by atoms with E-state index in [0.29, 0.717) is 19.5 Å². The van der Waals surface area contributed by atoms with Gasteiger partial charge in [-0.15, -0.1) is 0 Å². The van der Waals surface area contributed by atoms with Crippen LogP contribution in [0.1, 0.15) is 51.4 Å². The highest BCUT2D eigenvalue weighted by molar-refractivity contribution is 5.73. The fraction of sp³-hybridized carbons (Fsp3) is 0.857. The third-order valence-corrected chi connectivity index (χ3v) is 3.05. The first-order valence-electron chi connectivity index (χ1n) is 8.15. The zero-order valence-electron chi connectivity index (χ0n) is 13.7. The molecule has 2 amide bonds. The van der Waals surface area contributed by atoms with Gasteiger partial charge in [0.2, 0.25) is 0 Å². The molecule has 0 radical (unpaired) electrons. The molecule has 0 aliphatic heterocycles. The summed E-state index contributed by atoms with van der Waals surface area (Å²) in [6.45, 7) is 1.59. The number of nitrogens with one attached hydrogen (secondary N) is 2. The van der Waals surface area contributed by atoms with E-state index in [-0.39, 0.29) is 6.61 Å². The van der Waals surface area contributed by atoms with Crippen molar-refractivity contribution in [1.82, 2.24) is 10.9 Å². The van der Waals surface area contributed by atoms with Gasteiger partial charge in [0.1, 0.15) is 0 Å². The molecule has 9 nitrogen and oxygen atoms in total. The molecule has 0 aliphatic rings. The number of carbonyl (C=O) groups is 2. The molecule has 9 heteroatoms. The van der Waals surface area contributed by atoms with Gasteiger partial charge in [0.05, 0.1) is 6.61 Å².